The van der Waals surface area contributed by atoms with E-state index in [1.165, 1.54) is 0 Å². The summed E-state index contributed by atoms with van der Waals surface area (Å²) in [5.74, 6) is 0.400. The molecule has 0 atom stereocenters. The van der Waals surface area contributed by atoms with Gasteiger partial charge in [-0.15, -0.1) is 0 Å². The van der Waals surface area contributed by atoms with Crippen LogP contribution in [0.3, 0.4) is 0 Å². The predicted molar refractivity (Wildman–Crippen MR) is 62.2 cm³/mol. The van der Waals surface area contributed by atoms with Crippen LogP contribution >= 0.6 is 0 Å². The second-order valence-electron chi connectivity index (χ2n) is 3.84. The van der Waals surface area contributed by atoms with E-state index in [1.807, 2.05) is 26.8 Å². The molecule has 0 saturated carbocycles. The predicted octanol–water partition coefficient (Wildman–Crippen LogP) is 2.39. The summed E-state index contributed by atoms with van der Waals surface area (Å²) in [6, 6.07) is 1.94. The molecule has 0 bridgehead atoms. The van der Waals surface area contributed by atoms with E-state index < -0.39 is 0 Å². The smallest absolute Gasteiger partial charge is 0.173 e. The minimum Gasteiger partial charge on any atom is -0.496 e. The van der Waals surface area contributed by atoms with Crippen LogP contribution in [0.2, 0.25) is 0 Å². The minimum absolute atomic E-state index is 0.0975. The molecule has 0 aliphatic rings. The number of carbonyl (C=O) groups excluding carboxylic acids is 2. The summed E-state index contributed by atoms with van der Waals surface area (Å²) in [7, 11) is 1.54. The van der Waals surface area contributed by atoms with Gasteiger partial charge < -0.3 is 9.53 Å². The number of benzene rings is 1. The Kier molecular flexibility index (Phi) is 3.82. The van der Waals surface area contributed by atoms with E-state index in [2.05, 4.69) is 0 Å². The van der Waals surface area contributed by atoms with Gasteiger partial charge in [0.25, 0.3) is 0 Å². The number of Topliss-reactive ketones (excluding diaryl/α,β-unsaturated/α-hetero) is 1. The van der Waals surface area contributed by atoms with Gasteiger partial charge in [0.2, 0.25) is 0 Å². The summed E-state index contributed by atoms with van der Waals surface area (Å²) in [6.07, 6.45) is 0.524. The average Bonchev–Trinajstić information content (AvgIpc) is 2.23. The van der Waals surface area contributed by atoms with Crippen molar-refractivity contribution >= 4 is 12.1 Å². The highest BCUT2D eigenvalue weighted by Crippen LogP contribution is 2.30. The number of ether oxygens (including phenoxy) is 1. The highest BCUT2D eigenvalue weighted by Gasteiger charge is 2.18. The van der Waals surface area contributed by atoms with Gasteiger partial charge in [-0.3, -0.25) is 4.79 Å². The third kappa shape index (κ3) is 2.13. The van der Waals surface area contributed by atoms with E-state index in [0.717, 1.165) is 16.7 Å². The van der Waals surface area contributed by atoms with Crippen molar-refractivity contribution in [2.75, 3.05) is 7.11 Å². The third-order valence-electron chi connectivity index (χ3n) is 2.74. The van der Waals surface area contributed by atoms with E-state index in [0.29, 0.717) is 17.6 Å². The van der Waals surface area contributed by atoms with Gasteiger partial charge in [-0.25, -0.2) is 0 Å². The van der Waals surface area contributed by atoms with Crippen LogP contribution in [0.15, 0.2) is 6.07 Å². The molecule has 0 radical (unpaired) electrons. The van der Waals surface area contributed by atoms with Crippen LogP contribution < -0.4 is 4.74 Å². The fraction of sp³-hybridized carbons (Fsp3) is 0.385. The van der Waals surface area contributed by atoms with Gasteiger partial charge in [-0.05, 0) is 37.5 Å². The number of hydrogen-bond donors (Lipinski definition) is 0. The Hall–Kier alpha value is -1.64. The van der Waals surface area contributed by atoms with Gasteiger partial charge >= 0.3 is 0 Å². The Bertz CT molecular complexity index is 433. The maximum atomic E-state index is 11.8. The van der Waals surface area contributed by atoms with Crippen molar-refractivity contribution < 1.29 is 14.3 Å². The SMILES string of the molecule is COc1c(C)c(C)cc(C)c1C(=O)CC=O. The first-order valence-corrected chi connectivity index (χ1v) is 5.14. The second-order valence-corrected chi connectivity index (χ2v) is 3.84. The highest BCUT2D eigenvalue weighted by atomic mass is 16.5. The summed E-state index contributed by atoms with van der Waals surface area (Å²) in [6.45, 7) is 5.73. The van der Waals surface area contributed by atoms with Crippen LogP contribution in [0.5, 0.6) is 5.75 Å². The van der Waals surface area contributed by atoms with Crippen LogP contribution in [-0.4, -0.2) is 19.2 Å². The number of rotatable bonds is 4. The monoisotopic (exact) mass is 220 g/mol. The van der Waals surface area contributed by atoms with Crippen molar-refractivity contribution in [3.63, 3.8) is 0 Å². The summed E-state index contributed by atoms with van der Waals surface area (Å²) < 4.78 is 5.27. The van der Waals surface area contributed by atoms with Crippen LogP contribution in [-0.2, 0) is 4.79 Å². The lowest BCUT2D eigenvalue weighted by atomic mass is 9.95. The normalized spacial score (nSPS) is 10.0. The van der Waals surface area contributed by atoms with Crippen LogP contribution in [0.4, 0.5) is 0 Å². The zero-order chi connectivity index (χ0) is 12.3. The fourth-order valence-electron chi connectivity index (χ4n) is 1.83. The van der Waals surface area contributed by atoms with Gasteiger partial charge in [0.1, 0.15) is 12.0 Å². The quantitative estimate of drug-likeness (QED) is 0.444. The summed E-state index contributed by atoms with van der Waals surface area (Å²) in [5.41, 5.74) is 3.41. The molecular weight excluding hydrogens is 204 g/mol. The first-order chi connectivity index (χ1) is 7.52. The maximum Gasteiger partial charge on any atom is 0.173 e. The molecule has 0 aliphatic carbocycles. The Morgan fingerprint density at radius 3 is 2.44 bits per heavy atom. The molecular formula is C13H16O3. The number of carbonyl (C=O) groups is 2. The van der Waals surface area contributed by atoms with E-state index in [-0.39, 0.29) is 12.2 Å². The first kappa shape index (κ1) is 12.4. The number of aldehydes is 1. The first-order valence-electron chi connectivity index (χ1n) is 5.14. The van der Waals surface area contributed by atoms with Gasteiger partial charge in [0.05, 0.1) is 19.1 Å². The molecule has 0 unspecified atom stereocenters. The van der Waals surface area contributed by atoms with Crippen LogP contribution in [0.1, 0.15) is 33.5 Å². The topological polar surface area (TPSA) is 43.4 Å². The van der Waals surface area contributed by atoms with Crippen molar-refractivity contribution in [1.82, 2.24) is 0 Å². The molecule has 1 rings (SSSR count). The summed E-state index contributed by atoms with van der Waals surface area (Å²) in [4.78, 5) is 22.2. The molecule has 86 valence electrons. The Labute approximate surface area is 95.4 Å². The van der Waals surface area contributed by atoms with Crippen molar-refractivity contribution in [1.29, 1.82) is 0 Å². The van der Waals surface area contributed by atoms with Crippen LogP contribution in [0, 0.1) is 20.8 Å². The molecule has 3 heteroatoms. The molecule has 0 aromatic heterocycles. The molecule has 0 spiro atoms. The second kappa shape index (κ2) is 4.92. The minimum atomic E-state index is -0.188. The Balaban J connectivity index is 3.42. The van der Waals surface area contributed by atoms with E-state index in [1.54, 1.807) is 7.11 Å². The largest absolute Gasteiger partial charge is 0.496 e. The summed E-state index contributed by atoms with van der Waals surface area (Å²) in [5, 5.41) is 0. The average molecular weight is 220 g/mol. The summed E-state index contributed by atoms with van der Waals surface area (Å²) >= 11 is 0. The van der Waals surface area contributed by atoms with Gasteiger partial charge in [0.15, 0.2) is 5.78 Å². The van der Waals surface area contributed by atoms with Gasteiger partial charge in [-0.1, -0.05) is 6.07 Å². The van der Waals surface area contributed by atoms with Crippen molar-refractivity contribution in [2.24, 2.45) is 0 Å². The van der Waals surface area contributed by atoms with E-state index >= 15 is 0 Å². The standard InChI is InChI=1S/C13H16O3/c1-8-7-9(2)12(11(15)5-6-14)13(16-4)10(8)3/h6-7H,5H2,1-4H3. The third-order valence-corrected chi connectivity index (χ3v) is 2.74. The Morgan fingerprint density at radius 2 is 1.94 bits per heavy atom. The fourth-order valence-corrected chi connectivity index (χ4v) is 1.83. The molecule has 0 fully saturated rings. The van der Waals surface area contributed by atoms with Crippen molar-refractivity contribution in [3.05, 3.63) is 28.3 Å². The lowest BCUT2D eigenvalue weighted by molar-refractivity contribution is -0.107. The molecule has 3 nitrogen and oxygen atoms in total. The van der Waals surface area contributed by atoms with E-state index in [4.69, 9.17) is 4.74 Å². The highest BCUT2D eigenvalue weighted by molar-refractivity contribution is 6.06. The van der Waals surface area contributed by atoms with Crippen molar-refractivity contribution in [3.8, 4) is 5.75 Å². The van der Waals surface area contributed by atoms with Crippen LogP contribution in [0.25, 0.3) is 0 Å². The molecule has 0 aliphatic heterocycles. The number of hydrogen-bond acceptors (Lipinski definition) is 3. The Morgan fingerprint density at radius 1 is 1.31 bits per heavy atom. The molecule has 1 aromatic rings. The molecule has 0 N–H and O–H groups in total. The zero-order valence-corrected chi connectivity index (χ0v) is 10.1. The van der Waals surface area contributed by atoms with Crippen molar-refractivity contribution in [2.45, 2.75) is 27.2 Å². The van der Waals surface area contributed by atoms with Gasteiger partial charge in [0, 0.05) is 0 Å². The zero-order valence-electron chi connectivity index (χ0n) is 10.1. The maximum absolute atomic E-state index is 11.8. The lowest BCUT2D eigenvalue weighted by Crippen LogP contribution is -2.07. The molecule has 0 saturated heterocycles. The lowest BCUT2D eigenvalue weighted by Gasteiger charge is -2.14. The van der Waals surface area contributed by atoms with E-state index in [9.17, 15) is 9.59 Å². The molecule has 0 heterocycles. The van der Waals surface area contributed by atoms with Gasteiger partial charge in [-0.2, -0.15) is 0 Å². The number of ketones is 1. The molecule has 1 aromatic carbocycles. The number of aryl methyl sites for hydroxylation is 2. The molecule has 16 heavy (non-hydrogen) atoms. The number of methoxy groups -OCH3 is 1. The molecule has 0 amide bonds.